The zero-order valence-corrected chi connectivity index (χ0v) is 14.5. The van der Waals surface area contributed by atoms with Crippen LogP contribution in [0.1, 0.15) is 60.6 Å². The van der Waals surface area contributed by atoms with Crippen molar-refractivity contribution in [2.75, 3.05) is 13.7 Å². The van der Waals surface area contributed by atoms with Crippen LogP contribution in [0.5, 0.6) is 0 Å². The fraction of sp³-hybridized carbons (Fsp3) is 0.526. The van der Waals surface area contributed by atoms with E-state index in [0.29, 0.717) is 6.61 Å². The van der Waals surface area contributed by atoms with Gasteiger partial charge in [0.05, 0.1) is 18.3 Å². The van der Waals surface area contributed by atoms with Gasteiger partial charge in [0.25, 0.3) is 0 Å². The zero-order chi connectivity index (χ0) is 17.2. The molecule has 0 saturated carbocycles. The second-order valence-electron chi connectivity index (χ2n) is 6.78. The lowest BCUT2D eigenvalue weighted by atomic mass is 9.93. The van der Waals surface area contributed by atoms with Gasteiger partial charge in [-0.1, -0.05) is 0 Å². The van der Waals surface area contributed by atoms with Crippen LogP contribution in [-0.2, 0) is 17.8 Å². The molecule has 1 N–H and O–H groups in total. The van der Waals surface area contributed by atoms with Crippen LogP contribution in [0.3, 0.4) is 0 Å². The number of nitrogens with one attached hydrogen (secondary N) is 1. The molecule has 0 aromatic carbocycles. The van der Waals surface area contributed by atoms with Crippen LogP contribution in [-0.4, -0.2) is 24.6 Å². The average Bonchev–Trinajstić information content (AvgIpc) is 3.35. The summed E-state index contributed by atoms with van der Waals surface area (Å²) in [6, 6.07) is 5.87. The standard InChI is InChI=1S/C19H24N2O4/c1-23-12-13-7-8-18(25-13)16-5-3-10-21(16)19(22)20-15-4-2-6-17-14(15)9-11-24-17/h7-9,11,15-16H,2-6,10,12H2,1H3,(H,20,22)/t15-,16+/m0/s1. The Morgan fingerprint density at radius 2 is 2.24 bits per heavy atom. The van der Waals surface area contributed by atoms with E-state index in [-0.39, 0.29) is 18.1 Å². The first-order chi connectivity index (χ1) is 12.3. The third-order valence-corrected chi connectivity index (χ3v) is 5.16. The van der Waals surface area contributed by atoms with Gasteiger partial charge < -0.3 is 23.8 Å². The van der Waals surface area contributed by atoms with Crippen LogP contribution in [0.2, 0.25) is 0 Å². The van der Waals surface area contributed by atoms with E-state index in [1.807, 2.05) is 23.1 Å². The molecule has 0 unspecified atom stereocenters. The monoisotopic (exact) mass is 344 g/mol. The van der Waals surface area contributed by atoms with Crippen molar-refractivity contribution in [1.29, 1.82) is 0 Å². The minimum absolute atomic E-state index is 0.00184. The van der Waals surface area contributed by atoms with Crippen molar-refractivity contribution in [3.8, 4) is 0 Å². The van der Waals surface area contributed by atoms with Crippen LogP contribution in [0.25, 0.3) is 0 Å². The van der Waals surface area contributed by atoms with Crippen molar-refractivity contribution in [1.82, 2.24) is 10.2 Å². The fourth-order valence-corrected chi connectivity index (χ4v) is 3.97. The van der Waals surface area contributed by atoms with E-state index in [4.69, 9.17) is 13.6 Å². The van der Waals surface area contributed by atoms with Crippen LogP contribution >= 0.6 is 0 Å². The van der Waals surface area contributed by atoms with Gasteiger partial charge in [-0.15, -0.1) is 0 Å². The molecule has 0 bridgehead atoms. The number of carbonyl (C=O) groups is 1. The van der Waals surface area contributed by atoms with E-state index < -0.39 is 0 Å². The highest BCUT2D eigenvalue weighted by Crippen LogP contribution is 2.35. The second kappa shape index (κ2) is 6.96. The van der Waals surface area contributed by atoms with E-state index in [0.717, 1.165) is 61.5 Å². The van der Waals surface area contributed by atoms with Crippen molar-refractivity contribution in [3.63, 3.8) is 0 Å². The molecule has 1 aliphatic carbocycles. The van der Waals surface area contributed by atoms with Crippen LogP contribution < -0.4 is 5.32 Å². The molecule has 25 heavy (non-hydrogen) atoms. The van der Waals surface area contributed by atoms with E-state index >= 15 is 0 Å². The molecule has 2 amide bonds. The summed E-state index contributed by atoms with van der Waals surface area (Å²) in [6.07, 6.45) is 6.57. The lowest BCUT2D eigenvalue weighted by molar-refractivity contribution is 0.155. The highest BCUT2D eigenvalue weighted by atomic mass is 16.5. The maximum atomic E-state index is 12.9. The number of aryl methyl sites for hydroxylation is 1. The number of methoxy groups -OCH3 is 1. The molecule has 2 atom stereocenters. The smallest absolute Gasteiger partial charge is 0.318 e. The van der Waals surface area contributed by atoms with E-state index in [1.165, 1.54) is 0 Å². The Morgan fingerprint density at radius 3 is 3.12 bits per heavy atom. The van der Waals surface area contributed by atoms with Gasteiger partial charge in [0.2, 0.25) is 0 Å². The molecule has 0 radical (unpaired) electrons. The molecule has 1 aliphatic heterocycles. The highest BCUT2D eigenvalue weighted by Gasteiger charge is 2.34. The van der Waals surface area contributed by atoms with Gasteiger partial charge in [0, 0.05) is 25.6 Å². The normalized spacial score (nSPS) is 22.8. The van der Waals surface area contributed by atoms with Gasteiger partial charge in [-0.3, -0.25) is 0 Å². The molecule has 1 saturated heterocycles. The molecule has 2 aliphatic rings. The van der Waals surface area contributed by atoms with Crippen molar-refractivity contribution in [3.05, 3.63) is 47.3 Å². The Hall–Kier alpha value is -2.21. The summed E-state index contributed by atoms with van der Waals surface area (Å²) in [6.45, 7) is 1.20. The zero-order valence-electron chi connectivity index (χ0n) is 14.5. The third-order valence-electron chi connectivity index (χ3n) is 5.16. The summed E-state index contributed by atoms with van der Waals surface area (Å²) < 4.78 is 16.5. The number of likely N-dealkylation sites (tertiary alicyclic amines) is 1. The fourth-order valence-electron chi connectivity index (χ4n) is 3.97. The summed E-state index contributed by atoms with van der Waals surface area (Å²) in [5.74, 6) is 2.64. The second-order valence-corrected chi connectivity index (χ2v) is 6.78. The molecule has 2 aromatic rings. The first-order valence-corrected chi connectivity index (χ1v) is 8.97. The summed E-state index contributed by atoms with van der Waals surface area (Å²) in [4.78, 5) is 14.8. The SMILES string of the molecule is COCc1ccc([C@H]2CCCN2C(=O)N[C@H]2CCCc3occc32)o1. The summed E-state index contributed by atoms with van der Waals surface area (Å²) in [5.41, 5.74) is 1.12. The summed E-state index contributed by atoms with van der Waals surface area (Å²) >= 11 is 0. The molecule has 4 rings (SSSR count). The van der Waals surface area contributed by atoms with E-state index in [1.54, 1.807) is 13.4 Å². The van der Waals surface area contributed by atoms with Gasteiger partial charge in [-0.05, 0) is 43.9 Å². The lowest BCUT2D eigenvalue weighted by Gasteiger charge is -2.28. The maximum absolute atomic E-state index is 12.9. The van der Waals surface area contributed by atoms with Crippen molar-refractivity contribution in [2.24, 2.45) is 0 Å². The number of furan rings is 2. The maximum Gasteiger partial charge on any atom is 0.318 e. The molecular weight excluding hydrogens is 320 g/mol. The van der Waals surface area contributed by atoms with Crippen molar-refractivity contribution < 1.29 is 18.4 Å². The molecule has 134 valence electrons. The Morgan fingerprint density at radius 1 is 1.32 bits per heavy atom. The molecule has 0 spiro atoms. The molecule has 3 heterocycles. The van der Waals surface area contributed by atoms with Crippen LogP contribution in [0.4, 0.5) is 4.79 Å². The van der Waals surface area contributed by atoms with Crippen molar-refractivity contribution >= 4 is 6.03 Å². The van der Waals surface area contributed by atoms with Gasteiger partial charge in [-0.2, -0.15) is 0 Å². The quantitative estimate of drug-likeness (QED) is 0.912. The molecular formula is C19H24N2O4. The largest absolute Gasteiger partial charge is 0.469 e. The first-order valence-electron chi connectivity index (χ1n) is 8.97. The Labute approximate surface area is 147 Å². The average molecular weight is 344 g/mol. The minimum Gasteiger partial charge on any atom is -0.469 e. The highest BCUT2D eigenvalue weighted by molar-refractivity contribution is 5.75. The number of amides is 2. The number of hydrogen-bond acceptors (Lipinski definition) is 4. The lowest BCUT2D eigenvalue weighted by Crippen LogP contribution is -2.41. The van der Waals surface area contributed by atoms with Crippen LogP contribution in [0, 0.1) is 0 Å². The van der Waals surface area contributed by atoms with Crippen LogP contribution in [0.15, 0.2) is 33.3 Å². The Bertz CT molecular complexity index is 735. The Balaban J connectivity index is 1.46. The number of ether oxygens (including phenoxy) is 1. The van der Waals surface area contributed by atoms with Gasteiger partial charge in [-0.25, -0.2) is 4.79 Å². The number of hydrogen-bond donors (Lipinski definition) is 1. The minimum atomic E-state index is -0.0220. The Kier molecular flexibility index (Phi) is 4.53. The molecule has 2 aromatic heterocycles. The van der Waals surface area contributed by atoms with E-state index in [9.17, 15) is 4.79 Å². The number of rotatable bonds is 4. The predicted molar refractivity (Wildman–Crippen MR) is 91.0 cm³/mol. The first kappa shape index (κ1) is 16.3. The number of fused-ring (bicyclic) bond motifs is 1. The number of urea groups is 1. The molecule has 6 heteroatoms. The van der Waals surface area contributed by atoms with Gasteiger partial charge >= 0.3 is 6.03 Å². The molecule has 1 fully saturated rings. The van der Waals surface area contributed by atoms with Crippen molar-refractivity contribution in [2.45, 2.75) is 50.8 Å². The number of carbonyl (C=O) groups excluding carboxylic acids is 1. The summed E-state index contributed by atoms with van der Waals surface area (Å²) in [7, 11) is 1.64. The van der Waals surface area contributed by atoms with E-state index in [2.05, 4.69) is 5.32 Å². The predicted octanol–water partition coefficient (Wildman–Crippen LogP) is 3.94. The third kappa shape index (κ3) is 3.18. The topological polar surface area (TPSA) is 67.8 Å². The molecule has 6 nitrogen and oxygen atoms in total. The van der Waals surface area contributed by atoms with Gasteiger partial charge in [0.15, 0.2) is 0 Å². The summed E-state index contributed by atoms with van der Waals surface area (Å²) in [5, 5.41) is 3.20. The number of nitrogens with zero attached hydrogens (tertiary/aromatic N) is 1. The van der Waals surface area contributed by atoms with Gasteiger partial charge in [0.1, 0.15) is 23.9 Å².